The number of urea groups is 1. The second-order valence-corrected chi connectivity index (χ2v) is 9.98. The zero-order valence-electron chi connectivity index (χ0n) is 19.7. The van der Waals surface area contributed by atoms with Crippen LogP contribution in [-0.4, -0.2) is 48.1 Å². The highest BCUT2D eigenvalue weighted by Gasteiger charge is 2.30. The average Bonchev–Trinajstić information content (AvgIpc) is 3.35. The van der Waals surface area contributed by atoms with Gasteiger partial charge in [-0.25, -0.2) is 4.79 Å². The van der Waals surface area contributed by atoms with Crippen molar-refractivity contribution in [2.75, 3.05) is 37.2 Å². The van der Waals surface area contributed by atoms with Gasteiger partial charge in [0, 0.05) is 29.0 Å². The molecule has 4 rings (SSSR count). The van der Waals surface area contributed by atoms with E-state index in [9.17, 15) is 10.1 Å². The molecule has 1 heterocycles. The number of rotatable bonds is 7. The molecule has 180 valence electrons. The Hall–Kier alpha value is -2.75. The number of anilines is 2. The Morgan fingerprint density at radius 2 is 1.91 bits per heavy atom. The standard InChI is InChI=1S/C27H34ClN5O/c28-23-16-24(30)18-25(17-23)31-27(34)33(14-4-13-32-11-1-2-12-32)26-9-7-21(8-10-26)22-6-3-5-20(15-22)19-29/h3,5-6,15-18,21,26H,1-2,4,7-14,30H2,(H,31,34)/t21-,26+. The molecule has 7 heteroatoms. The maximum Gasteiger partial charge on any atom is 0.322 e. The minimum Gasteiger partial charge on any atom is -0.399 e. The second-order valence-electron chi connectivity index (χ2n) is 9.54. The topological polar surface area (TPSA) is 85.4 Å². The summed E-state index contributed by atoms with van der Waals surface area (Å²) in [6.45, 7) is 4.10. The molecule has 0 aromatic heterocycles. The molecule has 1 aliphatic carbocycles. The number of nitrogen functional groups attached to an aromatic ring is 1. The molecule has 1 aliphatic heterocycles. The fourth-order valence-corrected chi connectivity index (χ4v) is 5.63. The van der Waals surface area contributed by atoms with Gasteiger partial charge >= 0.3 is 6.03 Å². The number of carbonyl (C=O) groups is 1. The van der Waals surface area contributed by atoms with Gasteiger partial charge in [-0.3, -0.25) is 0 Å². The molecule has 2 aliphatic rings. The fourth-order valence-electron chi connectivity index (χ4n) is 5.38. The summed E-state index contributed by atoms with van der Waals surface area (Å²) in [7, 11) is 0. The first-order chi connectivity index (χ1) is 16.5. The van der Waals surface area contributed by atoms with Crippen LogP contribution in [0.1, 0.15) is 62.0 Å². The molecular formula is C27H34ClN5O. The first-order valence-corrected chi connectivity index (χ1v) is 12.8. The average molecular weight is 480 g/mol. The molecule has 3 N–H and O–H groups in total. The summed E-state index contributed by atoms with van der Waals surface area (Å²) in [5.41, 5.74) is 9.02. The Balaban J connectivity index is 1.41. The number of nitrogens with one attached hydrogen (secondary N) is 1. The van der Waals surface area contributed by atoms with Crippen molar-refractivity contribution in [1.29, 1.82) is 5.26 Å². The number of hydrogen-bond donors (Lipinski definition) is 2. The Morgan fingerprint density at radius 3 is 2.62 bits per heavy atom. The van der Waals surface area contributed by atoms with Gasteiger partial charge in [-0.05, 0) is 106 Å². The summed E-state index contributed by atoms with van der Waals surface area (Å²) >= 11 is 6.14. The largest absolute Gasteiger partial charge is 0.399 e. The number of nitriles is 1. The lowest BCUT2D eigenvalue weighted by atomic mass is 9.81. The van der Waals surface area contributed by atoms with E-state index in [0.717, 1.165) is 45.2 Å². The fraction of sp³-hybridized carbons (Fsp3) is 0.481. The van der Waals surface area contributed by atoms with Crippen LogP contribution in [0, 0.1) is 11.3 Å². The molecule has 1 saturated carbocycles. The van der Waals surface area contributed by atoms with Gasteiger partial charge in [0.05, 0.1) is 11.6 Å². The molecule has 2 aromatic carbocycles. The van der Waals surface area contributed by atoms with Crippen LogP contribution in [0.5, 0.6) is 0 Å². The zero-order chi connectivity index (χ0) is 23.9. The third kappa shape index (κ3) is 6.43. The molecule has 2 aromatic rings. The first kappa shape index (κ1) is 24.4. The van der Waals surface area contributed by atoms with Crippen molar-refractivity contribution in [3.05, 3.63) is 58.6 Å². The molecule has 1 saturated heterocycles. The number of likely N-dealkylation sites (tertiary alicyclic amines) is 1. The molecule has 2 fully saturated rings. The number of amides is 2. The van der Waals surface area contributed by atoms with Gasteiger partial charge in [0.25, 0.3) is 0 Å². The van der Waals surface area contributed by atoms with E-state index in [1.165, 1.54) is 31.5 Å². The Kier molecular flexibility index (Phi) is 8.31. The number of nitrogens with two attached hydrogens (primary N) is 1. The van der Waals surface area contributed by atoms with E-state index in [2.05, 4.69) is 22.4 Å². The van der Waals surface area contributed by atoms with Crippen LogP contribution < -0.4 is 11.1 Å². The summed E-state index contributed by atoms with van der Waals surface area (Å²) in [5, 5.41) is 12.8. The van der Waals surface area contributed by atoms with Gasteiger partial charge in [-0.15, -0.1) is 0 Å². The van der Waals surface area contributed by atoms with Crippen LogP contribution >= 0.6 is 11.6 Å². The van der Waals surface area contributed by atoms with Crippen molar-refractivity contribution >= 4 is 29.0 Å². The summed E-state index contributed by atoms with van der Waals surface area (Å²) in [6.07, 6.45) is 7.45. The lowest BCUT2D eigenvalue weighted by molar-refractivity contribution is 0.157. The highest BCUT2D eigenvalue weighted by molar-refractivity contribution is 6.31. The van der Waals surface area contributed by atoms with Crippen LogP contribution in [-0.2, 0) is 0 Å². The van der Waals surface area contributed by atoms with Crippen LogP contribution in [0.15, 0.2) is 42.5 Å². The molecule has 0 radical (unpaired) electrons. The van der Waals surface area contributed by atoms with E-state index in [1.807, 2.05) is 23.1 Å². The molecule has 0 unspecified atom stereocenters. The van der Waals surface area contributed by atoms with E-state index in [0.29, 0.717) is 27.9 Å². The molecular weight excluding hydrogens is 446 g/mol. The Labute approximate surface area is 207 Å². The number of benzene rings is 2. The van der Waals surface area contributed by atoms with Crippen molar-refractivity contribution in [1.82, 2.24) is 9.80 Å². The molecule has 6 nitrogen and oxygen atoms in total. The maximum absolute atomic E-state index is 13.4. The summed E-state index contributed by atoms with van der Waals surface area (Å²) in [6, 6.07) is 15.5. The zero-order valence-corrected chi connectivity index (χ0v) is 20.4. The predicted molar refractivity (Wildman–Crippen MR) is 138 cm³/mol. The Bertz CT molecular complexity index is 1000. The third-order valence-electron chi connectivity index (χ3n) is 7.13. The number of halogens is 1. The first-order valence-electron chi connectivity index (χ1n) is 12.4. The second kappa shape index (κ2) is 11.6. The number of hydrogen-bond acceptors (Lipinski definition) is 4. The van der Waals surface area contributed by atoms with Gasteiger partial charge in [0.2, 0.25) is 0 Å². The maximum atomic E-state index is 13.4. The molecule has 0 atom stereocenters. The monoisotopic (exact) mass is 479 g/mol. The lowest BCUT2D eigenvalue weighted by Gasteiger charge is -2.37. The van der Waals surface area contributed by atoms with Gasteiger partial charge < -0.3 is 20.9 Å². The third-order valence-corrected chi connectivity index (χ3v) is 7.35. The van der Waals surface area contributed by atoms with Crippen molar-refractivity contribution in [2.24, 2.45) is 0 Å². The van der Waals surface area contributed by atoms with Gasteiger partial charge in [-0.2, -0.15) is 5.26 Å². The van der Waals surface area contributed by atoms with Crippen LogP contribution in [0.25, 0.3) is 0 Å². The van der Waals surface area contributed by atoms with Crippen molar-refractivity contribution in [3.8, 4) is 6.07 Å². The van der Waals surface area contributed by atoms with E-state index >= 15 is 0 Å². The number of carbonyl (C=O) groups excluding carboxylic acids is 1. The molecule has 34 heavy (non-hydrogen) atoms. The lowest BCUT2D eigenvalue weighted by Crippen LogP contribution is -2.45. The van der Waals surface area contributed by atoms with Crippen molar-refractivity contribution in [3.63, 3.8) is 0 Å². The predicted octanol–water partition coefficient (Wildman–Crippen LogP) is 5.84. The number of nitrogens with zero attached hydrogens (tertiary/aromatic N) is 3. The summed E-state index contributed by atoms with van der Waals surface area (Å²) in [5.74, 6) is 0.437. The summed E-state index contributed by atoms with van der Waals surface area (Å²) in [4.78, 5) is 17.9. The van der Waals surface area contributed by atoms with Gasteiger partial charge in [-0.1, -0.05) is 23.7 Å². The smallest absolute Gasteiger partial charge is 0.322 e. The van der Waals surface area contributed by atoms with Crippen LogP contribution in [0.4, 0.5) is 16.2 Å². The van der Waals surface area contributed by atoms with E-state index in [-0.39, 0.29) is 12.1 Å². The quantitative estimate of drug-likeness (QED) is 0.488. The highest BCUT2D eigenvalue weighted by Crippen LogP contribution is 2.35. The van der Waals surface area contributed by atoms with E-state index < -0.39 is 0 Å². The molecule has 0 spiro atoms. The van der Waals surface area contributed by atoms with Crippen molar-refractivity contribution < 1.29 is 4.79 Å². The normalized spacial score (nSPS) is 20.6. The SMILES string of the molecule is N#Cc1cccc([C@H]2CC[C@@H](N(CCCN3CCCC3)C(=O)Nc3cc(N)cc(Cl)c3)CC2)c1. The molecule has 2 amide bonds. The minimum atomic E-state index is -0.0852. The van der Waals surface area contributed by atoms with Crippen LogP contribution in [0.2, 0.25) is 5.02 Å². The highest BCUT2D eigenvalue weighted by atomic mass is 35.5. The van der Waals surface area contributed by atoms with Crippen molar-refractivity contribution in [2.45, 2.75) is 56.9 Å². The van der Waals surface area contributed by atoms with Gasteiger partial charge in [0.1, 0.15) is 0 Å². The Morgan fingerprint density at radius 1 is 1.15 bits per heavy atom. The molecule has 0 bridgehead atoms. The van der Waals surface area contributed by atoms with Crippen LogP contribution in [0.3, 0.4) is 0 Å². The van der Waals surface area contributed by atoms with Gasteiger partial charge in [0.15, 0.2) is 0 Å². The minimum absolute atomic E-state index is 0.0852. The van der Waals surface area contributed by atoms with E-state index in [4.69, 9.17) is 17.3 Å². The summed E-state index contributed by atoms with van der Waals surface area (Å²) < 4.78 is 0. The van der Waals surface area contributed by atoms with E-state index in [1.54, 1.807) is 18.2 Å².